The highest BCUT2D eigenvalue weighted by molar-refractivity contribution is 6.31. The van der Waals surface area contributed by atoms with Crippen molar-refractivity contribution in [2.24, 2.45) is 0 Å². The number of anilines is 1. The summed E-state index contributed by atoms with van der Waals surface area (Å²) in [5, 5.41) is 3.47. The largest absolute Gasteiger partial charge is 0.398 e. The van der Waals surface area contributed by atoms with E-state index in [0.717, 1.165) is 11.1 Å². The Hall–Kier alpha value is -2.00. The van der Waals surface area contributed by atoms with Crippen LogP contribution in [0.3, 0.4) is 0 Å². The molecule has 0 bridgehead atoms. The lowest BCUT2D eigenvalue weighted by Gasteiger charge is -2.17. The number of amides is 1. The van der Waals surface area contributed by atoms with Crippen LogP contribution >= 0.6 is 11.6 Å². The molecule has 2 aromatic carbocycles. The average Bonchev–Trinajstić information content (AvgIpc) is 2.38. The molecule has 0 spiro atoms. The zero-order valence-electron chi connectivity index (χ0n) is 11.5. The summed E-state index contributed by atoms with van der Waals surface area (Å²) >= 11 is 5.83. The lowest BCUT2D eigenvalue weighted by molar-refractivity contribution is 0.0940. The van der Waals surface area contributed by atoms with E-state index >= 15 is 0 Å². The zero-order valence-corrected chi connectivity index (χ0v) is 12.2. The fourth-order valence-electron chi connectivity index (χ4n) is 2.17. The van der Waals surface area contributed by atoms with Gasteiger partial charge in [0.2, 0.25) is 0 Å². The van der Waals surface area contributed by atoms with Crippen molar-refractivity contribution in [2.45, 2.75) is 19.9 Å². The van der Waals surface area contributed by atoms with E-state index in [-0.39, 0.29) is 11.9 Å². The highest BCUT2D eigenvalue weighted by atomic mass is 35.5. The molecule has 0 heterocycles. The van der Waals surface area contributed by atoms with Crippen molar-refractivity contribution in [1.82, 2.24) is 5.32 Å². The zero-order chi connectivity index (χ0) is 14.7. The Labute approximate surface area is 123 Å². The van der Waals surface area contributed by atoms with E-state index in [1.807, 2.05) is 38.1 Å². The molecule has 0 saturated heterocycles. The van der Waals surface area contributed by atoms with Crippen molar-refractivity contribution in [3.8, 4) is 0 Å². The van der Waals surface area contributed by atoms with Crippen LogP contribution < -0.4 is 11.1 Å². The van der Waals surface area contributed by atoms with Gasteiger partial charge in [-0.25, -0.2) is 0 Å². The van der Waals surface area contributed by atoms with Gasteiger partial charge < -0.3 is 11.1 Å². The molecule has 0 aromatic heterocycles. The maximum atomic E-state index is 12.2. The van der Waals surface area contributed by atoms with E-state index in [2.05, 4.69) is 5.32 Å². The Morgan fingerprint density at radius 2 is 1.95 bits per heavy atom. The molecule has 2 rings (SSSR count). The highest BCUT2D eigenvalue weighted by Crippen LogP contribution is 2.20. The molecule has 0 fully saturated rings. The van der Waals surface area contributed by atoms with E-state index in [4.69, 9.17) is 17.3 Å². The van der Waals surface area contributed by atoms with Crippen molar-refractivity contribution in [2.75, 3.05) is 5.73 Å². The molecule has 0 radical (unpaired) electrons. The molecule has 2 aromatic rings. The van der Waals surface area contributed by atoms with Gasteiger partial charge in [-0.3, -0.25) is 4.79 Å². The molecule has 0 saturated carbocycles. The van der Waals surface area contributed by atoms with E-state index in [1.54, 1.807) is 18.2 Å². The van der Waals surface area contributed by atoms with Crippen molar-refractivity contribution >= 4 is 23.2 Å². The van der Waals surface area contributed by atoms with Crippen LogP contribution in [0, 0.1) is 6.92 Å². The third-order valence-corrected chi connectivity index (χ3v) is 3.50. The maximum absolute atomic E-state index is 12.2. The molecule has 1 unspecified atom stereocenters. The van der Waals surface area contributed by atoms with Crippen molar-refractivity contribution in [1.29, 1.82) is 0 Å². The number of rotatable bonds is 3. The Kier molecular flexibility index (Phi) is 4.30. The number of benzene rings is 2. The SMILES string of the molecule is Cc1ccccc1C(C)NC(=O)c1ccc(Cl)cc1N. The van der Waals surface area contributed by atoms with Crippen LogP contribution in [0.15, 0.2) is 42.5 Å². The van der Waals surface area contributed by atoms with Crippen LogP contribution in [-0.4, -0.2) is 5.91 Å². The molecule has 20 heavy (non-hydrogen) atoms. The summed E-state index contributed by atoms with van der Waals surface area (Å²) in [5.74, 6) is -0.199. The minimum atomic E-state index is -0.199. The number of nitrogens with two attached hydrogens (primary N) is 1. The Morgan fingerprint density at radius 3 is 2.60 bits per heavy atom. The van der Waals surface area contributed by atoms with Gasteiger partial charge in [-0.05, 0) is 43.2 Å². The summed E-state index contributed by atoms with van der Waals surface area (Å²) in [5.41, 5.74) is 8.88. The number of nitrogens with one attached hydrogen (secondary N) is 1. The Balaban J connectivity index is 2.17. The van der Waals surface area contributed by atoms with E-state index in [0.29, 0.717) is 16.3 Å². The van der Waals surface area contributed by atoms with E-state index < -0.39 is 0 Å². The Morgan fingerprint density at radius 1 is 1.25 bits per heavy atom. The summed E-state index contributed by atoms with van der Waals surface area (Å²) in [6.07, 6.45) is 0. The highest BCUT2D eigenvalue weighted by Gasteiger charge is 2.15. The monoisotopic (exact) mass is 288 g/mol. The molecule has 1 amide bonds. The third-order valence-electron chi connectivity index (χ3n) is 3.26. The molecule has 0 aliphatic rings. The topological polar surface area (TPSA) is 55.1 Å². The lowest BCUT2D eigenvalue weighted by Crippen LogP contribution is -2.27. The second-order valence-corrected chi connectivity index (χ2v) is 5.22. The number of hydrogen-bond acceptors (Lipinski definition) is 2. The molecule has 104 valence electrons. The smallest absolute Gasteiger partial charge is 0.253 e. The predicted molar refractivity (Wildman–Crippen MR) is 82.9 cm³/mol. The summed E-state index contributed by atoms with van der Waals surface area (Å²) in [7, 11) is 0. The van der Waals surface area contributed by atoms with Crippen LogP contribution in [0.4, 0.5) is 5.69 Å². The number of nitrogen functional groups attached to an aromatic ring is 1. The first kappa shape index (κ1) is 14.4. The number of hydrogen-bond donors (Lipinski definition) is 2. The lowest BCUT2D eigenvalue weighted by atomic mass is 10.0. The fraction of sp³-hybridized carbons (Fsp3) is 0.188. The van der Waals surface area contributed by atoms with Gasteiger partial charge in [0.05, 0.1) is 11.6 Å². The molecule has 3 N–H and O–H groups in total. The fourth-order valence-corrected chi connectivity index (χ4v) is 2.35. The number of halogens is 1. The van der Waals surface area contributed by atoms with Crippen molar-refractivity contribution in [3.63, 3.8) is 0 Å². The van der Waals surface area contributed by atoms with Crippen LogP contribution in [0.5, 0.6) is 0 Å². The van der Waals surface area contributed by atoms with Crippen LogP contribution in [0.1, 0.15) is 34.5 Å². The predicted octanol–water partition coefficient (Wildman–Crippen LogP) is 3.72. The van der Waals surface area contributed by atoms with Crippen molar-refractivity contribution in [3.05, 3.63) is 64.2 Å². The molecule has 1 atom stereocenters. The van der Waals surface area contributed by atoms with Crippen LogP contribution in [0.25, 0.3) is 0 Å². The van der Waals surface area contributed by atoms with Crippen LogP contribution in [0.2, 0.25) is 5.02 Å². The minimum Gasteiger partial charge on any atom is -0.398 e. The first-order valence-electron chi connectivity index (χ1n) is 6.40. The minimum absolute atomic E-state index is 0.0845. The van der Waals surface area contributed by atoms with Gasteiger partial charge >= 0.3 is 0 Å². The summed E-state index contributed by atoms with van der Waals surface area (Å²) < 4.78 is 0. The van der Waals surface area contributed by atoms with Gasteiger partial charge in [-0.1, -0.05) is 35.9 Å². The standard InChI is InChI=1S/C16H17ClN2O/c1-10-5-3-4-6-13(10)11(2)19-16(20)14-8-7-12(17)9-15(14)18/h3-9,11H,18H2,1-2H3,(H,19,20). The quantitative estimate of drug-likeness (QED) is 0.846. The molecular formula is C16H17ClN2O. The molecule has 4 heteroatoms. The number of carbonyl (C=O) groups is 1. The van der Waals surface area contributed by atoms with Gasteiger partial charge in [-0.2, -0.15) is 0 Å². The molecular weight excluding hydrogens is 272 g/mol. The number of aryl methyl sites for hydroxylation is 1. The summed E-state index contributed by atoms with van der Waals surface area (Å²) in [6, 6.07) is 12.8. The summed E-state index contributed by atoms with van der Waals surface area (Å²) in [4.78, 5) is 12.2. The van der Waals surface area contributed by atoms with E-state index in [9.17, 15) is 4.79 Å². The van der Waals surface area contributed by atoms with Gasteiger partial charge in [0.15, 0.2) is 0 Å². The Bertz CT molecular complexity index is 640. The van der Waals surface area contributed by atoms with Gasteiger partial charge in [0.1, 0.15) is 0 Å². The second-order valence-electron chi connectivity index (χ2n) is 4.78. The average molecular weight is 289 g/mol. The van der Waals surface area contributed by atoms with Gasteiger partial charge in [-0.15, -0.1) is 0 Å². The first-order chi connectivity index (χ1) is 9.49. The molecule has 0 aliphatic heterocycles. The third kappa shape index (κ3) is 3.11. The second kappa shape index (κ2) is 5.97. The molecule has 3 nitrogen and oxygen atoms in total. The summed E-state index contributed by atoms with van der Waals surface area (Å²) in [6.45, 7) is 3.97. The van der Waals surface area contributed by atoms with Crippen molar-refractivity contribution < 1.29 is 4.79 Å². The number of carbonyl (C=O) groups excluding carboxylic acids is 1. The van der Waals surface area contributed by atoms with E-state index in [1.165, 1.54) is 0 Å². The maximum Gasteiger partial charge on any atom is 0.253 e. The van der Waals surface area contributed by atoms with Gasteiger partial charge in [0, 0.05) is 10.7 Å². The van der Waals surface area contributed by atoms with Crippen LogP contribution in [-0.2, 0) is 0 Å². The first-order valence-corrected chi connectivity index (χ1v) is 6.78. The molecule has 0 aliphatic carbocycles. The normalized spacial score (nSPS) is 11.9. The van der Waals surface area contributed by atoms with Gasteiger partial charge in [0.25, 0.3) is 5.91 Å².